The third-order valence-electron chi connectivity index (χ3n) is 8.98. The van der Waals surface area contributed by atoms with E-state index in [2.05, 4.69) is 19.9 Å². The standard InChI is InChI=1S/C10H19NO2.C8H6N2O2.2C8H8N2.C6H12.C5H5N.6C2H6/c1-10(2,3)13-9(12)11-7-5-4-6-8-11;11-10(12)7-1-2-8-6(5-7)3-4-9-8;2*9-7-1-2-8-6(5-7)3-4-10-8;2*1-2-4-6-5-3-1;6*1-2/h4-8H2,1-3H3;1-5,9H;2*1-5,10H,9H2;1-6H2;1-5H;6*1-2H3. The van der Waals surface area contributed by atoms with Crippen molar-refractivity contribution in [2.75, 3.05) is 24.6 Å². The zero-order chi connectivity index (χ0) is 52.9. The van der Waals surface area contributed by atoms with E-state index in [1.165, 1.54) is 61.8 Å². The number of nitrogens with two attached hydrogens (primary N) is 2. The van der Waals surface area contributed by atoms with Crippen LogP contribution in [0.3, 0.4) is 0 Å². The van der Waals surface area contributed by atoms with Crippen LogP contribution in [0, 0.1) is 10.1 Å². The lowest BCUT2D eigenvalue weighted by molar-refractivity contribution is -0.384. The maximum Gasteiger partial charge on any atom is 0.410 e. The van der Waals surface area contributed by atoms with Crippen LogP contribution in [0.25, 0.3) is 32.7 Å². The highest BCUT2D eigenvalue weighted by Gasteiger charge is 2.23. The fraction of sp³-hybridized carbons (Fsp3) is 0.474. The first kappa shape index (κ1) is 67.0. The molecule has 2 aliphatic rings. The van der Waals surface area contributed by atoms with Crippen molar-refractivity contribution < 1.29 is 14.5 Å². The molecule has 4 aromatic heterocycles. The molecule has 1 saturated heterocycles. The Labute approximate surface area is 417 Å². The number of nitrogen functional groups attached to an aromatic ring is 2. The number of H-pyrrole nitrogens is 3. The van der Waals surface area contributed by atoms with Crippen molar-refractivity contribution >= 4 is 55.9 Å². The topological polar surface area (TPSA) is 185 Å². The third kappa shape index (κ3) is 31.4. The van der Waals surface area contributed by atoms with Gasteiger partial charge in [0.25, 0.3) is 5.69 Å². The number of aromatic amines is 3. The van der Waals surface area contributed by atoms with Gasteiger partial charge in [-0.25, -0.2) is 4.79 Å². The molecule has 2 fully saturated rings. The Morgan fingerprint density at radius 1 is 0.551 bits per heavy atom. The maximum atomic E-state index is 11.5. The maximum absolute atomic E-state index is 11.5. The molecule has 0 radical (unpaired) electrons. The predicted molar refractivity (Wildman–Crippen MR) is 302 cm³/mol. The summed E-state index contributed by atoms with van der Waals surface area (Å²) >= 11 is 0. The van der Waals surface area contributed by atoms with Crippen molar-refractivity contribution in [3.8, 4) is 0 Å². The number of rotatable bonds is 1. The molecule has 1 aliphatic heterocycles. The molecule has 7 N–H and O–H groups in total. The second-order valence-corrected chi connectivity index (χ2v) is 14.8. The monoisotopic (exact) mass is 955 g/mol. The summed E-state index contributed by atoms with van der Waals surface area (Å²) in [4.78, 5) is 36.2. The van der Waals surface area contributed by atoms with Gasteiger partial charge < -0.3 is 36.1 Å². The minimum absolute atomic E-state index is 0.127. The van der Waals surface area contributed by atoms with Gasteiger partial charge in [0, 0.05) is 100 Å². The molecule has 1 saturated carbocycles. The zero-order valence-corrected chi connectivity index (χ0v) is 45.5. The normalized spacial score (nSPS) is 11.6. The lowest BCUT2D eigenvalue weighted by Crippen LogP contribution is -2.39. The molecule has 0 bridgehead atoms. The van der Waals surface area contributed by atoms with Gasteiger partial charge in [0.1, 0.15) is 5.60 Å². The number of ether oxygens (including phenoxy) is 1. The van der Waals surface area contributed by atoms with Crippen LogP contribution in [-0.4, -0.2) is 54.5 Å². The molecule has 0 spiro atoms. The first-order valence-electron chi connectivity index (χ1n) is 25.7. The number of carbonyl (C=O) groups excluding carboxylic acids is 1. The van der Waals surface area contributed by atoms with E-state index in [0.29, 0.717) is 0 Å². The van der Waals surface area contributed by atoms with Crippen LogP contribution in [0.4, 0.5) is 21.9 Å². The molecule has 3 aromatic carbocycles. The highest BCUT2D eigenvalue weighted by atomic mass is 16.6. The van der Waals surface area contributed by atoms with E-state index in [-0.39, 0.29) is 17.4 Å². The zero-order valence-electron chi connectivity index (χ0n) is 45.5. The quantitative estimate of drug-likeness (QED) is 0.0616. The Morgan fingerprint density at radius 3 is 1.22 bits per heavy atom. The number of nitrogens with one attached hydrogen (secondary N) is 3. The Balaban J connectivity index is -0.000000735. The number of piperidine rings is 1. The molecular formula is C57H94N8O4. The fourth-order valence-electron chi connectivity index (χ4n) is 6.07. The van der Waals surface area contributed by atoms with Crippen LogP contribution >= 0.6 is 0 Å². The molecule has 9 rings (SSSR count). The minimum Gasteiger partial charge on any atom is -0.444 e. The summed E-state index contributed by atoms with van der Waals surface area (Å²) < 4.78 is 5.26. The third-order valence-corrected chi connectivity index (χ3v) is 8.98. The van der Waals surface area contributed by atoms with Crippen LogP contribution in [0.1, 0.15) is 162 Å². The molecule has 69 heavy (non-hydrogen) atoms. The molecule has 0 unspecified atom stereocenters. The van der Waals surface area contributed by atoms with Gasteiger partial charge in [-0.05, 0) is 113 Å². The number of pyridine rings is 1. The van der Waals surface area contributed by atoms with Gasteiger partial charge in [-0.1, -0.05) is 128 Å². The van der Waals surface area contributed by atoms with E-state index < -0.39 is 4.92 Å². The van der Waals surface area contributed by atoms with Crippen LogP contribution in [0.5, 0.6) is 0 Å². The second-order valence-electron chi connectivity index (χ2n) is 14.8. The second kappa shape index (κ2) is 44.2. The molecule has 0 atom stereocenters. The van der Waals surface area contributed by atoms with Gasteiger partial charge in [0.2, 0.25) is 0 Å². The first-order chi connectivity index (χ1) is 33.5. The predicted octanol–water partition coefficient (Wildman–Crippen LogP) is 17.6. The van der Waals surface area contributed by atoms with Crippen LogP contribution < -0.4 is 11.5 Å². The van der Waals surface area contributed by atoms with Gasteiger partial charge in [-0.2, -0.15) is 0 Å². The van der Waals surface area contributed by atoms with Crippen LogP contribution in [-0.2, 0) is 4.74 Å². The fourth-order valence-corrected chi connectivity index (χ4v) is 6.07. The molecule has 1 aliphatic carbocycles. The summed E-state index contributed by atoms with van der Waals surface area (Å²) in [5.41, 5.74) is 15.7. The molecular weight excluding hydrogens is 861 g/mol. The number of non-ortho nitro benzene ring substituents is 1. The van der Waals surface area contributed by atoms with Crippen molar-refractivity contribution in [3.05, 3.63) is 132 Å². The summed E-state index contributed by atoms with van der Waals surface area (Å²) in [5.74, 6) is 0. The van der Waals surface area contributed by atoms with Crippen molar-refractivity contribution in [1.82, 2.24) is 24.8 Å². The van der Waals surface area contributed by atoms with E-state index in [9.17, 15) is 14.9 Å². The van der Waals surface area contributed by atoms with Gasteiger partial charge >= 0.3 is 6.09 Å². The van der Waals surface area contributed by atoms with Crippen LogP contribution in [0.15, 0.2) is 122 Å². The van der Waals surface area contributed by atoms with Crippen LogP contribution in [0.2, 0.25) is 0 Å². The average molecular weight is 955 g/mol. The van der Waals surface area contributed by atoms with E-state index in [1.54, 1.807) is 35.6 Å². The highest BCUT2D eigenvalue weighted by Crippen LogP contribution is 2.20. The Hall–Kier alpha value is -6.30. The van der Waals surface area contributed by atoms with E-state index in [4.69, 9.17) is 16.2 Å². The number of likely N-dealkylation sites (tertiary alicyclic amines) is 1. The Kier molecular flexibility index (Phi) is 42.9. The van der Waals surface area contributed by atoms with Gasteiger partial charge in [0.15, 0.2) is 0 Å². The molecule has 7 aromatic rings. The van der Waals surface area contributed by atoms with Gasteiger partial charge in [-0.15, -0.1) is 0 Å². The van der Waals surface area contributed by atoms with Crippen molar-refractivity contribution in [2.24, 2.45) is 0 Å². The number of nitrogens with zero attached hydrogens (tertiary/aromatic N) is 3. The van der Waals surface area contributed by atoms with E-state index in [0.717, 1.165) is 59.2 Å². The molecule has 386 valence electrons. The van der Waals surface area contributed by atoms with Crippen molar-refractivity contribution in [1.29, 1.82) is 0 Å². The molecule has 12 nitrogen and oxygen atoms in total. The largest absolute Gasteiger partial charge is 0.444 e. The summed E-state index contributed by atoms with van der Waals surface area (Å²) in [6, 6.07) is 27.9. The summed E-state index contributed by atoms with van der Waals surface area (Å²) in [7, 11) is 0. The van der Waals surface area contributed by atoms with Gasteiger partial charge in [0.05, 0.1) is 4.92 Å². The van der Waals surface area contributed by atoms with Crippen molar-refractivity contribution in [3.63, 3.8) is 0 Å². The van der Waals surface area contributed by atoms with E-state index in [1.807, 2.05) is 189 Å². The number of amides is 1. The first-order valence-corrected chi connectivity index (χ1v) is 25.7. The highest BCUT2D eigenvalue weighted by molar-refractivity contribution is 5.83. The number of aromatic nitrogens is 4. The Morgan fingerprint density at radius 2 is 0.899 bits per heavy atom. The average Bonchev–Trinajstić information content (AvgIpc) is 4.21. The van der Waals surface area contributed by atoms with Gasteiger partial charge in [-0.3, -0.25) is 15.1 Å². The number of benzene rings is 3. The summed E-state index contributed by atoms with van der Waals surface area (Å²) in [6.07, 6.45) is 21.4. The summed E-state index contributed by atoms with van der Waals surface area (Å²) in [5, 5.41) is 13.6. The number of hydrogen-bond donors (Lipinski definition) is 5. The SMILES string of the molecule is C1CCCCC1.CC.CC.CC.CC.CC.CC.CC(C)(C)OC(=O)N1CCCCC1.Nc1ccc2[nH]ccc2c1.Nc1ccc2[nH]ccc2c1.O=[N+]([O-])c1ccc2[nH]ccc2c1.c1ccncc1. The minimum atomic E-state index is -0.396. The number of fused-ring (bicyclic) bond motifs is 3. The summed E-state index contributed by atoms with van der Waals surface area (Å²) in [6.45, 7) is 31.4. The smallest absolute Gasteiger partial charge is 0.410 e. The number of carbonyl (C=O) groups is 1. The number of nitro groups is 1. The number of hydrogen-bond acceptors (Lipinski definition) is 7. The van der Waals surface area contributed by atoms with E-state index >= 15 is 0 Å². The molecule has 5 heterocycles. The molecule has 12 heteroatoms. The van der Waals surface area contributed by atoms with Crippen molar-refractivity contribution in [2.45, 2.75) is 167 Å². The lowest BCUT2D eigenvalue weighted by atomic mass is 10.0. The Bertz CT molecular complexity index is 2090. The number of anilines is 2. The number of nitro benzene ring substituents is 1. The lowest BCUT2D eigenvalue weighted by Gasteiger charge is -2.29. The molecule has 1 amide bonds.